The molecule has 2 saturated carbocycles. The highest BCUT2D eigenvalue weighted by molar-refractivity contribution is 5.55. The largest absolute Gasteiger partial charge is 0.493 e. The molecule has 138 valence electrons. The van der Waals surface area contributed by atoms with E-state index in [1.807, 2.05) is 18.2 Å². The summed E-state index contributed by atoms with van der Waals surface area (Å²) in [5, 5.41) is 0. The van der Waals surface area contributed by atoms with Crippen molar-refractivity contribution in [1.29, 1.82) is 0 Å². The molecule has 2 aliphatic carbocycles. The van der Waals surface area contributed by atoms with Gasteiger partial charge in [0.2, 0.25) is 0 Å². The van der Waals surface area contributed by atoms with Crippen LogP contribution in [0.2, 0.25) is 0 Å². The molecule has 1 aromatic carbocycles. The van der Waals surface area contributed by atoms with Crippen molar-refractivity contribution in [2.45, 2.75) is 52.1 Å². The van der Waals surface area contributed by atoms with E-state index in [0.29, 0.717) is 5.41 Å². The lowest BCUT2D eigenvalue weighted by atomic mass is 9.90. The maximum Gasteiger partial charge on any atom is 0.161 e. The van der Waals surface area contributed by atoms with Gasteiger partial charge in [-0.15, -0.1) is 0 Å². The molecule has 25 heavy (non-hydrogen) atoms. The van der Waals surface area contributed by atoms with Gasteiger partial charge in [0.25, 0.3) is 0 Å². The number of methoxy groups -OCH3 is 2. The molecule has 0 heterocycles. The van der Waals surface area contributed by atoms with Gasteiger partial charge in [-0.25, -0.2) is 0 Å². The third-order valence-electron chi connectivity index (χ3n) is 6.53. The van der Waals surface area contributed by atoms with Gasteiger partial charge >= 0.3 is 0 Å². The van der Waals surface area contributed by atoms with Crippen molar-refractivity contribution in [2.24, 2.45) is 17.3 Å². The maximum atomic E-state index is 6.34. The number of ether oxygens (including phenoxy) is 3. The van der Waals surface area contributed by atoms with Crippen LogP contribution in [-0.2, 0) is 4.74 Å². The third kappa shape index (κ3) is 3.44. The Morgan fingerprint density at radius 3 is 2.52 bits per heavy atom. The van der Waals surface area contributed by atoms with Crippen LogP contribution in [0.15, 0.2) is 24.3 Å². The molecule has 2 aliphatic rings. The lowest BCUT2D eigenvalue weighted by molar-refractivity contribution is -0.0418. The van der Waals surface area contributed by atoms with Crippen LogP contribution in [0, 0.1) is 17.3 Å². The summed E-state index contributed by atoms with van der Waals surface area (Å²) in [5.41, 5.74) is 1.80. The van der Waals surface area contributed by atoms with Crippen LogP contribution in [0.4, 0.5) is 0 Å². The minimum absolute atomic E-state index is 0.0987. The Kier molecular flexibility index (Phi) is 5.15. The van der Waals surface area contributed by atoms with Gasteiger partial charge < -0.3 is 14.2 Å². The van der Waals surface area contributed by atoms with Gasteiger partial charge in [-0.05, 0) is 67.6 Å². The lowest BCUT2D eigenvalue weighted by Gasteiger charge is -2.26. The molecule has 0 N–H and O–H groups in total. The molecule has 0 aromatic heterocycles. The van der Waals surface area contributed by atoms with Crippen LogP contribution in [0.5, 0.6) is 11.5 Å². The highest BCUT2D eigenvalue weighted by Gasteiger charge is 2.68. The van der Waals surface area contributed by atoms with Crippen LogP contribution >= 0.6 is 0 Å². The average molecular weight is 344 g/mol. The van der Waals surface area contributed by atoms with E-state index in [2.05, 4.69) is 32.9 Å². The molecule has 1 aromatic rings. The topological polar surface area (TPSA) is 27.7 Å². The second-order valence-corrected chi connectivity index (χ2v) is 8.11. The molecule has 3 atom stereocenters. The van der Waals surface area contributed by atoms with Crippen LogP contribution < -0.4 is 9.47 Å². The lowest BCUT2D eigenvalue weighted by Crippen LogP contribution is -2.29. The minimum atomic E-state index is 0.0987. The van der Waals surface area contributed by atoms with Crippen LogP contribution in [0.25, 0.3) is 6.08 Å². The number of hydrogen-bond acceptors (Lipinski definition) is 3. The van der Waals surface area contributed by atoms with Crippen molar-refractivity contribution in [1.82, 2.24) is 0 Å². The molecule has 3 nitrogen and oxygen atoms in total. The Balaban J connectivity index is 1.48. The molecule has 0 spiro atoms. The van der Waals surface area contributed by atoms with Gasteiger partial charge in [0, 0.05) is 0 Å². The molecule has 3 rings (SSSR count). The number of benzene rings is 1. The highest BCUT2D eigenvalue weighted by Crippen LogP contribution is 2.71. The maximum absolute atomic E-state index is 6.34. The van der Waals surface area contributed by atoms with Crippen LogP contribution in [0.3, 0.4) is 0 Å². The number of hydrogen-bond donors (Lipinski definition) is 0. The normalized spacial score (nSPS) is 30.7. The van der Waals surface area contributed by atoms with Crippen molar-refractivity contribution in [3.63, 3.8) is 0 Å². The van der Waals surface area contributed by atoms with Gasteiger partial charge in [-0.3, -0.25) is 0 Å². The zero-order valence-corrected chi connectivity index (χ0v) is 16.3. The zero-order chi connectivity index (χ0) is 18.1. The Bertz CT molecular complexity index is 636. The van der Waals surface area contributed by atoms with E-state index in [0.717, 1.165) is 41.9 Å². The van der Waals surface area contributed by atoms with E-state index in [9.17, 15) is 0 Å². The summed E-state index contributed by atoms with van der Waals surface area (Å²) in [5.74, 6) is 3.08. The summed E-state index contributed by atoms with van der Waals surface area (Å²) in [7, 11) is 3.32. The van der Waals surface area contributed by atoms with Crippen LogP contribution in [0.1, 0.15) is 52.0 Å². The quantitative estimate of drug-likeness (QED) is 0.596. The van der Waals surface area contributed by atoms with Gasteiger partial charge in [-0.2, -0.15) is 0 Å². The molecule has 2 fully saturated rings. The summed E-state index contributed by atoms with van der Waals surface area (Å²) in [6.45, 7) is 7.87. The predicted molar refractivity (Wildman–Crippen MR) is 102 cm³/mol. The van der Waals surface area contributed by atoms with Crippen molar-refractivity contribution in [2.75, 3.05) is 20.8 Å². The fourth-order valence-electron chi connectivity index (χ4n) is 4.71. The number of fused-ring (bicyclic) bond motifs is 1. The Labute approximate surface area is 152 Å². The third-order valence-corrected chi connectivity index (χ3v) is 6.53. The van der Waals surface area contributed by atoms with E-state index in [-0.39, 0.29) is 5.60 Å². The summed E-state index contributed by atoms with van der Waals surface area (Å²) in [4.78, 5) is 0. The van der Waals surface area contributed by atoms with E-state index in [1.165, 1.54) is 19.3 Å². The van der Waals surface area contributed by atoms with Gasteiger partial charge in [-0.1, -0.05) is 32.1 Å². The van der Waals surface area contributed by atoms with Crippen molar-refractivity contribution >= 4 is 6.08 Å². The van der Waals surface area contributed by atoms with Crippen molar-refractivity contribution in [3.8, 4) is 11.5 Å². The monoisotopic (exact) mass is 344 g/mol. The molecular weight excluding hydrogens is 312 g/mol. The van der Waals surface area contributed by atoms with Gasteiger partial charge in [0.15, 0.2) is 11.5 Å². The van der Waals surface area contributed by atoms with Crippen molar-refractivity contribution in [3.05, 3.63) is 29.8 Å². The minimum Gasteiger partial charge on any atom is -0.493 e. The smallest absolute Gasteiger partial charge is 0.161 e. The van der Waals surface area contributed by atoms with Crippen molar-refractivity contribution < 1.29 is 14.2 Å². The highest BCUT2D eigenvalue weighted by atomic mass is 16.5. The fourth-order valence-corrected chi connectivity index (χ4v) is 4.71. The number of rotatable bonds is 8. The summed E-state index contributed by atoms with van der Waals surface area (Å²) in [6, 6.07) is 5.97. The van der Waals surface area contributed by atoms with E-state index in [1.54, 1.807) is 14.2 Å². The molecule has 0 radical (unpaired) electrons. The van der Waals surface area contributed by atoms with E-state index >= 15 is 0 Å². The second-order valence-electron chi connectivity index (χ2n) is 8.11. The molecule has 0 amide bonds. The summed E-state index contributed by atoms with van der Waals surface area (Å²) >= 11 is 0. The molecule has 0 bridgehead atoms. The van der Waals surface area contributed by atoms with E-state index in [4.69, 9.17) is 14.2 Å². The Morgan fingerprint density at radius 2 is 1.92 bits per heavy atom. The average Bonchev–Trinajstić information content (AvgIpc) is 3.30. The predicted octanol–water partition coefficient (Wildman–Crippen LogP) is 5.34. The summed E-state index contributed by atoms with van der Waals surface area (Å²) in [6.07, 6.45) is 9.16. The molecule has 0 saturated heterocycles. The second kappa shape index (κ2) is 7.03. The zero-order valence-electron chi connectivity index (χ0n) is 16.3. The Hall–Kier alpha value is -1.48. The van der Waals surface area contributed by atoms with Gasteiger partial charge in [0.05, 0.1) is 26.4 Å². The first-order valence-electron chi connectivity index (χ1n) is 9.48. The Morgan fingerprint density at radius 1 is 1.16 bits per heavy atom. The standard InChI is InChI=1S/C22H32O3/c1-16(2)22-12-11-21(3,20(22)15-22)25-13-7-6-8-17-9-10-18(23-4)19(14-17)24-5/h6,8-10,14,16,20H,7,11-13,15H2,1-5H3. The van der Waals surface area contributed by atoms with Gasteiger partial charge in [0.1, 0.15) is 0 Å². The summed E-state index contributed by atoms with van der Waals surface area (Å²) < 4.78 is 17.0. The fraction of sp³-hybridized carbons (Fsp3) is 0.636. The van der Waals surface area contributed by atoms with Crippen LogP contribution in [-0.4, -0.2) is 26.4 Å². The molecule has 3 unspecified atom stereocenters. The first kappa shape index (κ1) is 18.3. The first-order valence-corrected chi connectivity index (χ1v) is 9.48. The van der Waals surface area contributed by atoms with E-state index < -0.39 is 0 Å². The molecule has 3 heteroatoms. The molecule has 0 aliphatic heterocycles. The molecular formula is C22H32O3. The first-order chi connectivity index (χ1) is 11.9. The SMILES string of the molecule is COc1ccc(C=CCCOC2(C)CCC3(C(C)C)CC23)cc1OC.